The molecule has 2 N–H and O–H groups in total. The summed E-state index contributed by atoms with van der Waals surface area (Å²) >= 11 is 0. The number of para-hydroxylation sites is 1. The van der Waals surface area contributed by atoms with Crippen molar-refractivity contribution in [2.75, 3.05) is 40.3 Å². The quantitative estimate of drug-likeness (QED) is 0.644. The SMILES string of the molecule is COCCOCC(O)CNCc1cccc2c1OCO2. The van der Waals surface area contributed by atoms with Gasteiger partial charge in [0.2, 0.25) is 6.79 Å². The van der Waals surface area contributed by atoms with Crippen molar-refractivity contribution in [3.05, 3.63) is 23.8 Å². The molecule has 112 valence electrons. The van der Waals surface area contributed by atoms with E-state index in [4.69, 9.17) is 18.9 Å². The molecule has 0 spiro atoms. The highest BCUT2D eigenvalue weighted by atomic mass is 16.7. The zero-order valence-electron chi connectivity index (χ0n) is 11.6. The molecule has 1 heterocycles. The Labute approximate surface area is 118 Å². The molecule has 0 aromatic heterocycles. The Morgan fingerprint density at radius 1 is 1.35 bits per heavy atom. The summed E-state index contributed by atoms with van der Waals surface area (Å²) in [5, 5.41) is 12.9. The second-order valence-corrected chi connectivity index (χ2v) is 4.50. The molecule has 1 aliphatic rings. The van der Waals surface area contributed by atoms with Crippen LogP contribution in [0.3, 0.4) is 0 Å². The molecule has 0 amide bonds. The molecule has 0 radical (unpaired) electrons. The summed E-state index contributed by atoms with van der Waals surface area (Å²) < 4.78 is 20.8. The lowest BCUT2D eigenvalue weighted by Crippen LogP contribution is -2.30. The van der Waals surface area contributed by atoms with Crippen LogP contribution >= 0.6 is 0 Å². The number of nitrogens with one attached hydrogen (secondary N) is 1. The van der Waals surface area contributed by atoms with Crippen molar-refractivity contribution in [3.8, 4) is 11.5 Å². The lowest BCUT2D eigenvalue weighted by Gasteiger charge is -2.13. The van der Waals surface area contributed by atoms with Gasteiger partial charge in [0.15, 0.2) is 11.5 Å². The Bertz CT molecular complexity index is 413. The molecule has 1 unspecified atom stereocenters. The largest absolute Gasteiger partial charge is 0.454 e. The van der Waals surface area contributed by atoms with Crippen molar-refractivity contribution in [2.45, 2.75) is 12.6 Å². The maximum absolute atomic E-state index is 9.74. The average molecular weight is 283 g/mol. The fourth-order valence-corrected chi connectivity index (χ4v) is 1.92. The minimum absolute atomic E-state index is 0.266. The number of methoxy groups -OCH3 is 1. The Kier molecular flexibility index (Phi) is 6.07. The molecule has 0 saturated carbocycles. The average Bonchev–Trinajstić information content (AvgIpc) is 2.93. The molecule has 2 rings (SSSR count). The van der Waals surface area contributed by atoms with Gasteiger partial charge in [-0.25, -0.2) is 0 Å². The third-order valence-electron chi connectivity index (χ3n) is 2.92. The smallest absolute Gasteiger partial charge is 0.231 e. The van der Waals surface area contributed by atoms with Crippen LogP contribution in [-0.4, -0.2) is 51.5 Å². The van der Waals surface area contributed by atoms with Gasteiger partial charge < -0.3 is 29.4 Å². The molecule has 0 bridgehead atoms. The van der Waals surface area contributed by atoms with E-state index in [1.807, 2.05) is 18.2 Å². The van der Waals surface area contributed by atoms with Gasteiger partial charge in [-0.1, -0.05) is 12.1 Å². The van der Waals surface area contributed by atoms with E-state index in [9.17, 15) is 5.11 Å². The molecule has 6 nitrogen and oxygen atoms in total. The number of aliphatic hydroxyl groups excluding tert-OH is 1. The van der Waals surface area contributed by atoms with Crippen LogP contribution in [0.15, 0.2) is 18.2 Å². The summed E-state index contributed by atoms with van der Waals surface area (Å²) in [5.74, 6) is 1.55. The molecule has 0 aliphatic carbocycles. The Morgan fingerprint density at radius 3 is 3.10 bits per heavy atom. The number of rotatable bonds is 9. The van der Waals surface area contributed by atoms with Crippen LogP contribution in [0.2, 0.25) is 0 Å². The Hall–Kier alpha value is -1.34. The second kappa shape index (κ2) is 8.06. The van der Waals surface area contributed by atoms with Crippen molar-refractivity contribution in [1.29, 1.82) is 0 Å². The fraction of sp³-hybridized carbons (Fsp3) is 0.571. The Morgan fingerprint density at radius 2 is 2.25 bits per heavy atom. The molecule has 1 atom stereocenters. The number of benzene rings is 1. The van der Waals surface area contributed by atoms with Crippen molar-refractivity contribution >= 4 is 0 Å². The summed E-state index contributed by atoms with van der Waals surface area (Å²) in [6.45, 7) is 2.66. The van der Waals surface area contributed by atoms with Crippen molar-refractivity contribution in [2.24, 2.45) is 0 Å². The molecule has 0 saturated heterocycles. The summed E-state index contributed by atoms with van der Waals surface area (Å²) in [5.41, 5.74) is 1.02. The normalized spacial score (nSPS) is 14.5. The summed E-state index contributed by atoms with van der Waals surface area (Å²) in [6.07, 6.45) is -0.541. The summed E-state index contributed by atoms with van der Waals surface area (Å²) in [6, 6.07) is 5.78. The summed E-state index contributed by atoms with van der Waals surface area (Å²) in [4.78, 5) is 0. The van der Waals surface area contributed by atoms with E-state index in [-0.39, 0.29) is 6.79 Å². The molecule has 0 fully saturated rings. The Balaban J connectivity index is 1.67. The number of ether oxygens (including phenoxy) is 4. The van der Waals surface area contributed by atoms with E-state index in [1.165, 1.54) is 0 Å². The highest BCUT2D eigenvalue weighted by Gasteiger charge is 2.16. The van der Waals surface area contributed by atoms with Gasteiger partial charge >= 0.3 is 0 Å². The monoisotopic (exact) mass is 283 g/mol. The first kappa shape index (κ1) is 15.1. The van der Waals surface area contributed by atoms with Crippen LogP contribution in [-0.2, 0) is 16.0 Å². The third kappa shape index (κ3) is 4.35. The minimum atomic E-state index is -0.541. The maximum atomic E-state index is 9.74. The van der Waals surface area contributed by atoms with Crippen molar-refractivity contribution in [1.82, 2.24) is 5.32 Å². The van der Waals surface area contributed by atoms with E-state index in [1.54, 1.807) is 7.11 Å². The lowest BCUT2D eigenvalue weighted by atomic mass is 10.2. The standard InChI is InChI=1S/C14H21NO5/c1-17-5-6-18-9-12(16)8-15-7-11-3-2-4-13-14(11)20-10-19-13/h2-4,12,15-16H,5-10H2,1H3. The molecule has 6 heteroatoms. The fourth-order valence-electron chi connectivity index (χ4n) is 1.92. The van der Waals surface area contributed by atoms with E-state index < -0.39 is 6.10 Å². The zero-order chi connectivity index (χ0) is 14.2. The zero-order valence-corrected chi connectivity index (χ0v) is 11.6. The van der Waals surface area contributed by atoms with Gasteiger partial charge in [0.1, 0.15) is 0 Å². The van der Waals surface area contributed by atoms with Gasteiger partial charge in [-0.3, -0.25) is 0 Å². The van der Waals surface area contributed by atoms with Crippen LogP contribution in [0.25, 0.3) is 0 Å². The summed E-state index contributed by atoms with van der Waals surface area (Å²) in [7, 11) is 1.62. The molecule has 1 aromatic rings. The molecular weight excluding hydrogens is 262 g/mol. The van der Waals surface area contributed by atoms with Gasteiger partial charge in [-0.15, -0.1) is 0 Å². The number of hydrogen-bond donors (Lipinski definition) is 2. The highest BCUT2D eigenvalue weighted by Crippen LogP contribution is 2.35. The minimum Gasteiger partial charge on any atom is -0.454 e. The maximum Gasteiger partial charge on any atom is 0.231 e. The van der Waals surface area contributed by atoms with Gasteiger partial charge in [-0.2, -0.15) is 0 Å². The number of hydrogen-bond acceptors (Lipinski definition) is 6. The van der Waals surface area contributed by atoms with Gasteiger partial charge in [0.05, 0.1) is 25.9 Å². The molecule has 1 aromatic carbocycles. The predicted molar refractivity (Wildman–Crippen MR) is 73.0 cm³/mol. The number of fused-ring (bicyclic) bond motifs is 1. The molecule has 1 aliphatic heterocycles. The third-order valence-corrected chi connectivity index (χ3v) is 2.92. The van der Waals surface area contributed by atoms with Crippen molar-refractivity contribution in [3.63, 3.8) is 0 Å². The van der Waals surface area contributed by atoms with Crippen LogP contribution in [0.4, 0.5) is 0 Å². The van der Waals surface area contributed by atoms with Crippen molar-refractivity contribution < 1.29 is 24.1 Å². The number of aliphatic hydroxyl groups is 1. The van der Waals surface area contributed by atoms with Crippen LogP contribution in [0, 0.1) is 0 Å². The topological polar surface area (TPSA) is 69.2 Å². The lowest BCUT2D eigenvalue weighted by molar-refractivity contribution is 0.0137. The predicted octanol–water partition coefficient (Wildman–Crippen LogP) is 0.529. The van der Waals surface area contributed by atoms with Crippen LogP contribution < -0.4 is 14.8 Å². The van der Waals surface area contributed by atoms with Gasteiger partial charge in [-0.05, 0) is 6.07 Å². The second-order valence-electron chi connectivity index (χ2n) is 4.50. The van der Waals surface area contributed by atoms with E-state index >= 15 is 0 Å². The molecule has 20 heavy (non-hydrogen) atoms. The first-order valence-corrected chi connectivity index (χ1v) is 6.64. The van der Waals surface area contributed by atoms with Crippen LogP contribution in [0.1, 0.15) is 5.56 Å². The molecular formula is C14H21NO5. The highest BCUT2D eigenvalue weighted by molar-refractivity contribution is 5.48. The van der Waals surface area contributed by atoms with E-state index in [0.29, 0.717) is 32.9 Å². The first-order valence-electron chi connectivity index (χ1n) is 6.64. The van der Waals surface area contributed by atoms with E-state index in [0.717, 1.165) is 17.1 Å². The van der Waals surface area contributed by atoms with Crippen LogP contribution in [0.5, 0.6) is 11.5 Å². The first-order chi connectivity index (χ1) is 9.81. The van der Waals surface area contributed by atoms with E-state index in [2.05, 4.69) is 5.32 Å². The van der Waals surface area contributed by atoms with Gasteiger partial charge in [0, 0.05) is 25.8 Å². The van der Waals surface area contributed by atoms with Gasteiger partial charge in [0.25, 0.3) is 0 Å².